The number of phenols is 1. The minimum absolute atomic E-state index is 0.104. The average Bonchev–Trinajstić information content (AvgIpc) is 3.07. The van der Waals surface area contributed by atoms with Gasteiger partial charge in [-0.2, -0.15) is 0 Å². The summed E-state index contributed by atoms with van der Waals surface area (Å²) < 4.78 is 0. The number of carboxylic acid groups (broad SMARTS) is 2. The summed E-state index contributed by atoms with van der Waals surface area (Å²) in [5.41, 5.74) is -0.0392. The highest BCUT2D eigenvalue weighted by atomic mass is 16.4. The highest BCUT2D eigenvalue weighted by Crippen LogP contribution is 2.48. The van der Waals surface area contributed by atoms with E-state index in [1.54, 1.807) is 0 Å². The Kier molecular flexibility index (Phi) is 3.55. The molecule has 7 nitrogen and oxygen atoms in total. The van der Waals surface area contributed by atoms with E-state index in [0.29, 0.717) is 6.42 Å². The minimum atomic E-state index is -1.27. The third kappa shape index (κ3) is 2.54. The highest BCUT2D eigenvalue weighted by Gasteiger charge is 2.51. The first-order valence-electron chi connectivity index (χ1n) is 7.17. The molecule has 1 aromatic rings. The smallest absolute Gasteiger partial charge is 0.339 e. The molecule has 2 aliphatic carbocycles. The number of carbonyl (C=O) groups excluding carboxylic acids is 1. The molecule has 1 fully saturated rings. The number of aromatic carboxylic acids is 1. The van der Waals surface area contributed by atoms with E-state index in [0.717, 1.165) is 6.07 Å². The standard InChI is InChI=1S/C16H15NO6/c18-11-6-9(3-4-10(11)15(20)21)17-14(19)12-7-1-2-8(5-7)13(12)16(22)23/h1-4,6-8,12-13,18H,5H2,(H,17,19)(H,20,21)(H,22,23)/t7-,8+,12-,13-/m0/s1. The van der Waals surface area contributed by atoms with E-state index in [2.05, 4.69) is 5.32 Å². The number of allylic oxidation sites excluding steroid dienone is 2. The Labute approximate surface area is 131 Å². The van der Waals surface area contributed by atoms with Crippen LogP contribution >= 0.6 is 0 Å². The number of rotatable bonds is 4. The summed E-state index contributed by atoms with van der Waals surface area (Å²) in [6.45, 7) is 0. The Morgan fingerprint density at radius 1 is 1.04 bits per heavy atom. The topological polar surface area (TPSA) is 124 Å². The molecule has 0 aromatic heterocycles. The van der Waals surface area contributed by atoms with Crippen LogP contribution in [0, 0.1) is 23.7 Å². The van der Waals surface area contributed by atoms with E-state index in [-0.39, 0.29) is 23.1 Å². The zero-order valence-electron chi connectivity index (χ0n) is 12.0. The van der Waals surface area contributed by atoms with Gasteiger partial charge in [0.15, 0.2) is 0 Å². The Balaban J connectivity index is 1.79. The molecular weight excluding hydrogens is 302 g/mol. The maximum Gasteiger partial charge on any atom is 0.339 e. The fraction of sp³-hybridized carbons (Fsp3) is 0.312. The van der Waals surface area contributed by atoms with Crippen LogP contribution in [-0.2, 0) is 9.59 Å². The summed E-state index contributed by atoms with van der Waals surface area (Å²) in [5, 5.41) is 30.4. The molecule has 3 rings (SSSR count). The number of aromatic hydroxyl groups is 1. The molecular formula is C16H15NO6. The van der Waals surface area contributed by atoms with Crippen LogP contribution in [0.3, 0.4) is 0 Å². The Hall–Kier alpha value is -2.83. The van der Waals surface area contributed by atoms with Crippen molar-refractivity contribution in [3.8, 4) is 5.75 Å². The van der Waals surface area contributed by atoms with Gasteiger partial charge >= 0.3 is 11.9 Å². The van der Waals surface area contributed by atoms with E-state index in [1.807, 2.05) is 12.2 Å². The molecule has 0 radical (unpaired) electrons. The zero-order valence-corrected chi connectivity index (χ0v) is 12.0. The monoisotopic (exact) mass is 317 g/mol. The van der Waals surface area contributed by atoms with Gasteiger partial charge < -0.3 is 20.6 Å². The van der Waals surface area contributed by atoms with Gasteiger partial charge in [-0.1, -0.05) is 12.2 Å². The lowest BCUT2D eigenvalue weighted by atomic mass is 9.82. The number of anilines is 1. The largest absolute Gasteiger partial charge is 0.507 e. The lowest BCUT2D eigenvalue weighted by Crippen LogP contribution is -2.36. The summed E-state index contributed by atoms with van der Waals surface area (Å²) in [7, 11) is 0. The molecule has 0 heterocycles. The quantitative estimate of drug-likeness (QED) is 0.625. The first-order valence-corrected chi connectivity index (χ1v) is 7.17. The third-order valence-corrected chi connectivity index (χ3v) is 4.54. The molecule has 4 N–H and O–H groups in total. The lowest BCUT2D eigenvalue weighted by molar-refractivity contribution is -0.146. The van der Waals surface area contributed by atoms with E-state index in [1.165, 1.54) is 12.1 Å². The first-order chi connectivity index (χ1) is 10.9. The van der Waals surface area contributed by atoms with E-state index in [9.17, 15) is 24.6 Å². The van der Waals surface area contributed by atoms with E-state index < -0.39 is 35.4 Å². The van der Waals surface area contributed by atoms with Crippen molar-refractivity contribution in [3.63, 3.8) is 0 Å². The fourth-order valence-electron chi connectivity index (χ4n) is 3.53. The second-order valence-corrected chi connectivity index (χ2v) is 5.86. The van der Waals surface area contributed by atoms with Crippen LogP contribution in [0.5, 0.6) is 5.75 Å². The van der Waals surface area contributed by atoms with Gasteiger partial charge in [0.05, 0.1) is 11.8 Å². The Bertz CT molecular complexity index is 725. The van der Waals surface area contributed by atoms with Crippen molar-refractivity contribution in [2.75, 3.05) is 5.32 Å². The van der Waals surface area contributed by atoms with Gasteiger partial charge in [-0.15, -0.1) is 0 Å². The number of carboxylic acids is 2. The number of aliphatic carboxylic acids is 1. The number of hydrogen-bond donors (Lipinski definition) is 4. The maximum atomic E-state index is 12.4. The van der Waals surface area contributed by atoms with Gasteiger partial charge in [0, 0.05) is 11.8 Å². The van der Waals surface area contributed by atoms with Crippen LogP contribution in [0.25, 0.3) is 0 Å². The molecule has 0 aliphatic heterocycles. The molecule has 120 valence electrons. The lowest BCUT2D eigenvalue weighted by Gasteiger charge is -2.23. The van der Waals surface area contributed by atoms with Crippen molar-refractivity contribution in [2.24, 2.45) is 23.7 Å². The van der Waals surface area contributed by atoms with Crippen LogP contribution in [-0.4, -0.2) is 33.2 Å². The maximum absolute atomic E-state index is 12.4. The van der Waals surface area contributed by atoms with E-state index >= 15 is 0 Å². The molecule has 2 aliphatic rings. The van der Waals surface area contributed by atoms with Crippen molar-refractivity contribution < 1.29 is 29.7 Å². The second kappa shape index (κ2) is 5.42. The van der Waals surface area contributed by atoms with Crippen molar-refractivity contribution in [2.45, 2.75) is 6.42 Å². The molecule has 1 saturated carbocycles. The summed E-state index contributed by atoms with van der Waals surface area (Å²) in [6, 6.07) is 3.68. The molecule has 0 spiro atoms. The second-order valence-electron chi connectivity index (χ2n) is 5.86. The highest BCUT2D eigenvalue weighted by molar-refractivity contribution is 5.97. The molecule has 1 amide bonds. The summed E-state index contributed by atoms with van der Waals surface area (Å²) >= 11 is 0. The minimum Gasteiger partial charge on any atom is -0.507 e. The van der Waals surface area contributed by atoms with Gasteiger partial charge in [0.2, 0.25) is 5.91 Å². The predicted molar refractivity (Wildman–Crippen MR) is 79.0 cm³/mol. The third-order valence-electron chi connectivity index (χ3n) is 4.54. The normalized spacial score (nSPS) is 27.8. The van der Waals surface area contributed by atoms with Crippen LogP contribution in [0.15, 0.2) is 30.4 Å². The summed E-state index contributed by atoms with van der Waals surface area (Å²) in [6.07, 6.45) is 4.37. The van der Waals surface area contributed by atoms with Crippen molar-refractivity contribution >= 4 is 23.5 Å². The molecule has 0 unspecified atom stereocenters. The predicted octanol–water partition coefficient (Wildman–Crippen LogP) is 1.55. The number of nitrogens with one attached hydrogen (secondary N) is 1. The van der Waals surface area contributed by atoms with Gasteiger partial charge in [-0.25, -0.2) is 4.79 Å². The van der Waals surface area contributed by atoms with Gasteiger partial charge in [-0.3, -0.25) is 9.59 Å². The summed E-state index contributed by atoms with van der Waals surface area (Å²) in [5.74, 6) is -4.81. The van der Waals surface area contributed by atoms with Crippen molar-refractivity contribution in [1.29, 1.82) is 0 Å². The van der Waals surface area contributed by atoms with Crippen molar-refractivity contribution in [3.05, 3.63) is 35.9 Å². The molecule has 2 bridgehead atoms. The molecule has 7 heteroatoms. The molecule has 4 atom stereocenters. The van der Waals surface area contributed by atoms with Crippen LogP contribution in [0.4, 0.5) is 5.69 Å². The number of hydrogen-bond acceptors (Lipinski definition) is 4. The molecule has 23 heavy (non-hydrogen) atoms. The average molecular weight is 317 g/mol. The zero-order chi connectivity index (χ0) is 16.7. The van der Waals surface area contributed by atoms with Crippen molar-refractivity contribution in [1.82, 2.24) is 0 Å². The number of benzene rings is 1. The number of carbonyl (C=O) groups is 3. The number of fused-ring (bicyclic) bond motifs is 2. The first kappa shape index (κ1) is 15.1. The van der Waals surface area contributed by atoms with Gasteiger partial charge in [0.1, 0.15) is 11.3 Å². The SMILES string of the molecule is O=C(O)c1ccc(NC(=O)[C@@H]2[C@@H](C(=O)O)[C@@H]3C=C[C@H]2C3)cc1O. The van der Waals surface area contributed by atoms with Gasteiger partial charge in [-0.05, 0) is 30.4 Å². The van der Waals surface area contributed by atoms with E-state index in [4.69, 9.17) is 5.11 Å². The Morgan fingerprint density at radius 2 is 1.70 bits per heavy atom. The fourth-order valence-corrected chi connectivity index (χ4v) is 3.53. The molecule has 1 aromatic carbocycles. The molecule has 0 saturated heterocycles. The van der Waals surface area contributed by atoms with Crippen LogP contribution < -0.4 is 5.32 Å². The van der Waals surface area contributed by atoms with Gasteiger partial charge in [0.25, 0.3) is 0 Å². The summed E-state index contributed by atoms with van der Waals surface area (Å²) in [4.78, 5) is 34.7. The Morgan fingerprint density at radius 3 is 2.26 bits per heavy atom. The van der Waals surface area contributed by atoms with Crippen LogP contribution in [0.2, 0.25) is 0 Å². The van der Waals surface area contributed by atoms with Crippen LogP contribution in [0.1, 0.15) is 16.8 Å². The number of amides is 1.